The number of nitrogens with zero attached hydrogens (tertiary/aromatic N) is 1. The molecule has 0 saturated heterocycles. The average Bonchev–Trinajstić information content (AvgIpc) is 2.73. The van der Waals surface area contributed by atoms with Crippen LogP contribution in [0.15, 0.2) is 12.3 Å². The fourth-order valence-corrected chi connectivity index (χ4v) is 1.84. The fourth-order valence-electron chi connectivity index (χ4n) is 1.84. The number of hydrogen-bond donors (Lipinski definition) is 1. The number of halogens is 1. The number of carboxylic acid groups (broad SMARTS) is 1. The first-order valence-electron chi connectivity index (χ1n) is 5.23. The summed E-state index contributed by atoms with van der Waals surface area (Å²) in [6.45, 7) is 0. The maximum atomic E-state index is 13.6. The van der Waals surface area contributed by atoms with Gasteiger partial charge in [-0.15, -0.1) is 0 Å². The van der Waals surface area contributed by atoms with E-state index >= 15 is 0 Å². The van der Waals surface area contributed by atoms with Gasteiger partial charge in [-0.1, -0.05) is 0 Å². The third-order valence-corrected chi connectivity index (χ3v) is 2.67. The summed E-state index contributed by atoms with van der Waals surface area (Å²) in [5, 5.41) is 8.73. The Bertz CT molecular complexity index is 402. The minimum Gasteiger partial charge on any atom is -0.478 e. The zero-order chi connectivity index (χ0) is 11.5. The molecule has 0 aliphatic heterocycles. The van der Waals surface area contributed by atoms with Crippen molar-refractivity contribution in [3.63, 3.8) is 0 Å². The Hall–Kier alpha value is -1.65. The zero-order valence-electron chi connectivity index (χ0n) is 8.65. The molecule has 1 aliphatic rings. The predicted molar refractivity (Wildman–Crippen MR) is 54.0 cm³/mol. The zero-order valence-corrected chi connectivity index (χ0v) is 8.65. The van der Waals surface area contributed by atoms with Gasteiger partial charge in [0, 0.05) is 6.20 Å². The Morgan fingerprint density at radius 1 is 1.50 bits per heavy atom. The molecule has 0 aromatic carbocycles. The van der Waals surface area contributed by atoms with Crippen LogP contribution in [0.4, 0.5) is 4.39 Å². The number of rotatable bonds is 3. The highest BCUT2D eigenvalue weighted by atomic mass is 19.1. The highest BCUT2D eigenvalue weighted by Crippen LogP contribution is 2.25. The minimum atomic E-state index is -1.31. The summed E-state index contributed by atoms with van der Waals surface area (Å²) >= 11 is 0. The summed E-state index contributed by atoms with van der Waals surface area (Å²) in [6.07, 6.45) is 5.08. The Balaban J connectivity index is 2.20. The molecule has 2 rings (SSSR count). The highest BCUT2D eigenvalue weighted by molar-refractivity contribution is 5.88. The molecule has 16 heavy (non-hydrogen) atoms. The van der Waals surface area contributed by atoms with E-state index in [1.165, 1.54) is 6.20 Å². The van der Waals surface area contributed by atoms with Crippen LogP contribution in [-0.4, -0.2) is 22.2 Å². The van der Waals surface area contributed by atoms with Crippen LogP contribution >= 0.6 is 0 Å². The van der Waals surface area contributed by atoms with Gasteiger partial charge in [-0.25, -0.2) is 14.2 Å². The Kier molecular flexibility index (Phi) is 3.03. The fraction of sp³-hybridized carbons (Fsp3) is 0.455. The molecule has 0 unspecified atom stereocenters. The van der Waals surface area contributed by atoms with Gasteiger partial charge in [0.1, 0.15) is 11.7 Å². The summed E-state index contributed by atoms with van der Waals surface area (Å²) in [6, 6.07) is 1.12. The predicted octanol–water partition coefficient (Wildman–Crippen LogP) is 2.24. The largest absolute Gasteiger partial charge is 0.478 e. The summed E-state index contributed by atoms with van der Waals surface area (Å²) < 4.78 is 19.0. The molecule has 1 aromatic heterocycles. The van der Waals surface area contributed by atoms with E-state index in [0.29, 0.717) is 0 Å². The maximum absolute atomic E-state index is 13.6. The van der Waals surface area contributed by atoms with Crippen LogP contribution in [0.2, 0.25) is 0 Å². The van der Waals surface area contributed by atoms with Crippen molar-refractivity contribution in [2.75, 3.05) is 0 Å². The standard InChI is InChI=1S/C11H12FNO3/c12-9-8(11(14)15)5-6-13-10(9)16-7-3-1-2-4-7/h5-7H,1-4H2,(H,14,15). The molecule has 0 radical (unpaired) electrons. The first kappa shape index (κ1) is 10.9. The Morgan fingerprint density at radius 3 is 2.81 bits per heavy atom. The summed E-state index contributed by atoms with van der Waals surface area (Å²) in [7, 11) is 0. The quantitative estimate of drug-likeness (QED) is 0.857. The number of pyridine rings is 1. The van der Waals surface area contributed by atoms with Gasteiger partial charge in [0.25, 0.3) is 5.88 Å². The smallest absolute Gasteiger partial charge is 0.338 e. The summed E-state index contributed by atoms with van der Waals surface area (Å²) in [5.74, 6) is -2.40. The Labute approximate surface area is 92.1 Å². The molecule has 1 fully saturated rings. The van der Waals surface area contributed by atoms with Crippen LogP contribution < -0.4 is 4.74 Å². The van der Waals surface area contributed by atoms with Crippen molar-refractivity contribution in [2.24, 2.45) is 0 Å². The lowest BCUT2D eigenvalue weighted by molar-refractivity contribution is 0.0689. The molecule has 4 nitrogen and oxygen atoms in total. The van der Waals surface area contributed by atoms with Gasteiger partial charge in [-0.05, 0) is 31.7 Å². The monoisotopic (exact) mass is 225 g/mol. The van der Waals surface area contributed by atoms with Crippen LogP contribution in [0.3, 0.4) is 0 Å². The first-order chi connectivity index (χ1) is 7.68. The van der Waals surface area contributed by atoms with E-state index in [-0.39, 0.29) is 12.0 Å². The Morgan fingerprint density at radius 2 is 2.19 bits per heavy atom. The molecule has 0 atom stereocenters. The summed E-state index contributed by atoms with van der Waals surface area (Å²) in [5.41, 5.74) is -0.400. The van der Waals surface area contributed by atoms with E-state index in [4.69, 9.17) is 9.84 Å². The van der Waals surface area contributed by atoms with Crippen molar-refractivity contribution in [2.45, 2.75) is 31.8 Å². The number of ether oxygens (including phenoxy) is 1. The summed E-state index contributed by atoms with van der Waals surface area (Å²) in [4.78, 5) is 14.4. The van der Waals surface area contributed by atoms with E-state index in [1.54, 1.807) is 0 Å². The van der Waals surface area contributed by atoms with E-state index in [2.05, 4.69) is 4.98 Å². The minimum absolute atomic E-state index is 0.0361. The van der Waals surface area contributed by atoms with Crippen molar-refractivity contribution in [1.29, 1.82) is 0 Å². The average molecular weight is 225 g/mol. The lowest BCUT2D eigenvalue weighted by Gasteiger charge is -2.12. The van der Waals surface area contributed by atoms with Crippen LogP contribution in [-0.2, 0) is 0 Å². The van der Waals surface area contributed by atoms with Gasteiger partial charge >= 0.3 is 5.97 Å². The van der Waals surface area contributed by atoms with Crippen molar-refractivity contribution < 1.29 is 19.0 Å². The first-order valence-corrected chi connectivity index (χ1v) is 5.23. The maximum Gasteiger partial charge on any atom is 0.338 e. The van der Waals surface area contributed by atoms with Gasteiger partial charge in [0.15, 0.2) is 5.82 Å². The third-order valence-electron chi connectivity index (χ3n) is 2.67. The molecule has 0 amide bonds. The van der Waals surface area contributed by atoms with Crippen molar-refractivity contribution in [1.82, 2.24) is 4.98 Å². The van der Waals surface area contributed by atoms with Crippen molar-refractivity contribution >= 4 is 5.97 Å². The van der Waals surface area contributed by atoms with Gasteiger partial charge < -0.3 is 9.84 Å². The van der Waals surface area contributed by atoms with Crippen LogP contribution in [0.25, 0.3) is 0 Å². The number of aromatic nitrogens is 1. The van der Waals surface area contributed by atoms with E-state index in [0.717, 1.165) is 31.7 Å². The second kappa shape index (κ2) is 4.47. The van der Waals surface area contributed by atoms with Crippen molar-refractivity contribution in [3.8, 4) is 5.88 Å². The molecular formula is C11H12FNO3. The van der Waals surface area contributed by atoms with E-state index < -0.39 is 17.3 Å². The number of hydrogen-bond acceptors (Lipinski definition) is 3. The molecule has 1 saturated carbocycles. The second-order valence-corrected chi connectivity index (χ2v) is 3.81. The molecule has 86 valence electrons. The third kappa shape index (κ3) is 2.13. The number of aromatic carboxylic acids is 1. The molecule has 0 spiro atoms. The van der Waals surface area contributed by atoms with Crippen molar-refractivity contribution in [3.05, 3.63) is 23.6 Å². The molecule has 1 heterocycles. The van der Waals surface area contributed by atoms with Gasteiger partial charge in [0.05, 0.1) is 0 Å². The molecular weight excluding hydrogens is 213 g/mol. The molecule has 0 bridgehead atoms. The van der Waals surface area contributed by atoms with Crippen LogP contribution in [0.5, 0.6) is 5.88 Å². The lowest BCUT2D eigenvalue weighted by atomic mass is 10.2. The molecule has 1 N–H and O–H groups in total. The van der Waals surface area contributed by atoms with E-state index in [9.17, 15) is 9.18 Å². The topological polar surface area (TPSA) is 59.4 Å². The number of carboxylic acids is 1. The second-order valence-electron chi connectivity index (χ2n) is 3.81. The SMILES string of the molecule is O=C(O)c1ccnc(OC2CCCC2)c1F. The number of carbonyl (C=O) groups is 1. The molecule has 1 aliphatic carbocycles. The highest BCUT2D eigenvalue weighted by Gasteiger charge is 2.21. The lowest BCUT2D eigenvalue weighted by Crippen LogP contribution is -2.14. The molecule has 1 aromatic rings. The van der Waals surface area contributed by atoms with Gasteiger partial charge in [-0.3, -0.25) is 0 Å². The van der Waals surface area contributed by atoms with Gasteiger partial charge in [-0.2, -0.15) is 0 Å². The van der Waals surface area contributed by atoms with Crippen LogP contribution in [0.1, 0.15) is 36.0 Å². The molecule has 5 heteroatoms. The normalized spacial score (nSPS) is 16.3. The van der Waals surface area contributed by atoms with E-state index in [1.807, 2.05) is 0 Å². The van der Waals surface area contributed by atoms with Gasteiger partial charge in [0.2, 0.25) is 0 Å². The van der Waals surface area contributed by atoms with Crippen LogP contribution in [0, 0.1) is 5.82 Å².